The van der Waals surface area contributed by atoms with Crippen molar-refractivity contribution in [3.63, 3.8) is 0 Å². The van der Waals surface area contributed by atoms with Crippen LogP contribution in [0.5, 0.6) is 0 Å². The van der Waals surface area contributed by atoms with E-state index in [1.165, 1.54) is 36.4 Å². The van der Waals surface area contributed by atoms with Gasteiger partial charge in [0.15, 0.2) is 0 Å². The summed E-state index contributed by atoms with van der Waals surface area (Å²) >= 11 is 5.87. The fourth-order valence-electron chi connectivity index (χ4n) is 1.39. The molecule has 0 spiro atoms. The van der Waals surface area contributed by atoms with E-state index in [0.29, 0.717) is 16.1 Å². The van der Waals surface area contributed by atoms with Gasteiger partial charge in [-0.25, -0.2) is 8.78 Å². The Labute approximate surface area is 91.1 Å². The minimum absolute atomic E-state index is 0.305. The summed E-state index contributed by atoms with van der Waals surface area (Å²) in [5, 5.41) is 0.321. The molecule has 0 fully saturated rings. The van der Waals surface area contributed by atoms with Gasteiger partial charge in [-0.05, 0) is 29.8 Å². The number of hydrogen-bond acceptors (Lipinski definition) is 0. The summed E-state index contributed by atoms with van der Waals surface area (Å²) in [6, 6.07) is 10.0. The summed E-state index contributed by atoms with van der Waals surface area (Å²) in [5.41, 5.74) is 0.874. The lowest BCUT2D eigenvalue weighted by Crippen LogP contribution is -1.85. The van der Waals surface area contributed by atoms with E-state index >= 15 is 0 Å². The third kappa shape index (κ3) is 2.00. The Balaban J connectivity index is 2.58. The molecule has 0 saturated heterocycles. The Hall–Kier alpha value is -1.41. The van der Waals surface area contributed by atoms with Crippen molar-refractivity contribution in [1.29, 1.82) is 0 Å². The first-order chi connectivity index (χ1) is 7.18. The Morgan fingerprint density at radius 1 is 0.867 bits per heavy atom. The molecule has 0 unspecified atom stereocenters. The normalized spacial score (nSPS) is 10.3. The average molecular weight is 225 g/mol. The van der Waals surface area contributed by atoms with Crippen LogP contribution in [0.3, 0.4) is 0 Å². The van der Waals surface area contributed by atoms with E-state index in [2.05, 4.69) is 0 Å². The lowest BCUT2D eigenvalue weighted by Gasteiger charge is -2.05. The quantitative estimate of drug-likeness (QED) is 0.678. The van der Waals surface area contributed by atoms with Crippen LogP contribution in [-0.4, -0.2) is 0 Å². The topological polar surface area (TPSA) is 0 Å². The maximum atomic E-state index is 13.5. The van der Waals surface area contributed by atoms with Crippen LogP contribution < -0.4 is 0 Å². The Kier molecular flexibility index (Phi) is 2.69. The predicted molar refractivity (Wildman–Crippen MR) is 56.8 cm³/mol. The molecule has 0 saturated carbocycles. The highest BCUT2D eigenvalue weighted by atomic mass is 35.5. The van der Waals surface area contributed by atoms with E-state index in [4.69, 9.17) is 11.6 Å². The molecule has 3 heteroatoms. The van der Waals surface area contributed by atoms with E-state index in [0.717, 1.165) is 0 Å². The molecular formula is C12H7ClF2. The van der Waals surface area contributed by atoms with Crippen molar-refractivity contribution in [2.75, 3.05) is 0 Å². The van der Waals surface area contributed by atoms with Gasteiger partial charge in [0.2, 0.25) is 0 Å². The molecule has 2 aromatic rings. The number of rotatable bonds is 1. The van der Waals surface area contributed by atoms with Gasteiger partial charge >= 0.3 is 0 Å². The highest BCUT2D eigenvalue weighted by molar-refractivity contribution is 6.33. The molecule has 0 aliphatic rings. The Bertz CT molecular complexity index is 457. The molecule has 0 amide bonds. The average Bonchev–Trinajstić information content (AvgIpc) is 2.20. The minimum Gasteiger partial charge on any atom is -0.207 e. The minimum atomic E-state index is -0.408. The predicted octanol–water partition coefficient (Wildman–Crippen LogP) is 4.29. The lowest BCUT2D eigenvalue weighted by atomic mass is 10.1. The zero-order chi connectivity index (χ0) is 10.8. The van der Waals surface area contributed by atoms with E-state index in [1.54, 1.807) is 6.07 Å². The van der Waals surface area contributed by atoms with Crippen LogP contribution in [0.2, 0.25) is 5.02 Å². The molecule has 0 radical (unpaired) electrons. The summed E-state index contributed by atoms with van der Waals surface area (Å²) in [6.07, 6.45) is 0. The van der Waals surface area contributed by atoms with Crippen molar-refractivity contribution in [2.45, 2.75) is 0 Å². The molecule has 0 atom stereocenters. The van der Waals surface area contributed by atoms with Crippen LogP contribution in [0.15, 0.2) is 42.5 Å². The summed E-state index contributed by atoms with van der Waals surface area (Å²) in [4.78, 5) is 0. The summed E-state index contributed by atoms with van der Waals surface area (Å²) < 4.78 is 26.1. The maximum absolute atomic E-state index is 13.5. The van der Waals surface area contributed by atoms with E-state index in [1.807, 2.05) is 0 Å². The van der Waals surface area contributed by atoms with Crippen molar-refractivity contribution in [3.05, 3.63) is 59.1 Å². The first kappa shape index (κ1) is 10.1. The second-order valence-electron chi connectivity index (χ2n) is 3.10. The third-order valence-corrected chi connectivity index (χ3v) is 2.41. The maximum Gasteiger partial charge on any atom is 0.132 e. The molecular weight excluding hydrogens is 218 g/mol. The van der Waals surface area contributed by atoms with Gasteiger partial charge in [-0.2, -0.15) is 0 Å². The van der Waals surface area contributed by atoms with Crippen molar-refractivity contribution >= 4 is 11.6 Å². The van der Waals surface area contributed by atoms with Gasteiger partial charge in [0.25, 0.3) is 0 Å². The standard InChI is InChI=1S/C12H7ClF2/c13-10-2-1-3-11(15)12(10)8-4-6-9(14)7-5-8/h1-7H. The fraction of sp³-hybridized carbons (Fsp3) is 0. The first-order valence-electron chi connectivity index (χ1n) is 4.38. The van der Waals surface area contributed by atoms with Crippen LogP contribution >= 0.6 is 11.6 Å². The van der Waals surface area contributed by atoms with Gasteiger partial charge < -0.3 is 0 Å². The van der Waals surface area contributed by atoms with Crippen LogP contribution in [0.1, 0.15) is 0 Å². The van der Waals surface area contributed by atoms with Crippen molar-refractivity contribution in [2.24, 2.45) is 0 Å². The fourth-order valence-corrected chi connectivity index (χ4v) is 1.66. The highest BCUT2D eigenvalue weighted by Gasteiger charge is 2.08. The second-order valence-corrected chi connectivity index (χ2v) is 3.51. The largest absolute Gasteiger partial charge is 0.207 e. The van der Waals surface area contributed by atoms with Gasteiger partial charge in [0.05, 0.1) is 5.02 Å². The van der Waals surface area contributed by atoms with Gasteiger partial charge in [0, 0.05) is 5.56 Å². The molecule has 2 aromatic carbocycles. The van der Waals surface area contributed by atoms with E-state index in [-0.39, 0.29) is 5.82 Å². The smallest absolute Gasteiger partial charge is 0.132 e. The molecule has 2 rings (SSSR count). The first-order valence-corrected chi connectivity index (χ1v) is 4.76. The van der Waals surface area contributed by atoms with Crippen molar-refractivity contribution in [1.82, 2.24) is 0 Å². The van der Waals surface area contributed by atoms with Gasteiger partial charge in [-0.1, -0.05) is 29.8 Å². The number of hydrogen-bond donors (Lipinski definition) is 0. The number of benzene rings is 2. The zero-order valence-electron chi connectivity index (χ0n) is 7.68. The Morgan fingerprint density at radius 3 is 2.13 bits per heavy atom. The monoisotopic (exact) mass is 224 g/mol. The van der Waals surface area contributed by atoms with Crippen molar-refractivity contribution in [3.8, 4) is 11.1 Å². The van der Waals surface area contributed by atoms with Gasteiger partial charge in [-0.15, -0.1) is 0 Å². The molecule has 15 heavy (non-hydrogen) atoms. The van der Waals surface area contributed by atoms with E-state index < -0.39 is 5.82 Å². The van der Waals surface area contributed by atoms with Gasteiger partial charge in [0.1, 0.15) is 11.6 Å². The molecule has 0 aliphatic carbocycles. The number of halogens is 3. The lowest BCUT2D eigenvalue weighted by molar-refractivity contribution is 0.625. The van der Waals surface area contributed by atoms with Crippen LogP contribution in [0, 0.1) is 11.6 Å². The molecule has 0 aliphatic heterocycles. The molecule has 0 nitrogen and oxygen atoms in total. The third-order valence-electron chi connectivity index (χ3n) is 2.10. The Morgan fingerprint density at radius 2 is 1.53 bits per heavy atom. The van der Waals surface area contributed by atoms with Crippen LogP contribution in [0.4, 0.5) is 8.78 Å². The molecule has 0 N–H and O–H groups in total. The van der Waals surface area contributed by atoms with Gasteiger partial charge in [-0.3, -0.25) is 0 Å². The van der Waals surface area contributed by atoms with Crippen molar-refractivity contribution < 1.29 is 8.78 Å². The molecule has 0 aromatic heterocycles. The SMILES string of the molecule is Fc1ccc(-c2c(F)cccc2Cl)cc1. The summed E-state index contributed by atoms with van der Waals surface area (Å²) in [7, 11) is 0. The zero-order valence-corrected chi connectivity index (χ0v) is 8.43. The van der Waals surface area contributed by atoms with Crippen LogP contribution in [-0.2, 0) is 0 Å². The highest BCUT2D eigenvalue weighted by Crippen LogP contribution is 2.30. The summed E-state index contributed by atoms with van der Waals surface area (Å²) in [5.74, 6) is -0.764. The molecule has 0 bridgehead atoms. The summed E-state index contributed by atoms with van der Waals surface area (Å²) in [6.45, 7) is 0. The molecule has 0 heterocycles. The van der Waals surface area contributed by atoms with Crippen LogP contribution in [0.25, 0.3) is 11.1 Å². The van der Waals surface area contributed by atoms with E-state index in [9.17, 15) is 8.78 Å². The second kappa shape index (κ2) is 3.99. The molecule has 76 valence electrons.